The number of ether oxygens (including phenoxy) is 1. The first-order chi connectivity index (χ1) is 10.3. The maximum absolute atomic E-state index is 6.13. The highest BCUT2D eigenvalue weighted by Crippen LogP contribution is 2.21. The van der Waals surface area contributed by atoms with Crippen LogP contribution in [0.25, 0.3) is 11.0 Å². The molecule has 4 nitrogen and oxygen atoms in total. The van der Waals surface area contributed by atoms with Gasteiger partial charge in [-0.3, -0.25) is 4.90 Å². The van der Waals surface area contributed by atoms with Crippen molar-refractivity contribution in [3.05, 3.63) is 29.0 Å². The summed E-state index contributed by atoms with van der Waals surface area (Å²) in [5.41, 5.74) is 2.08. The van der Waals surface area contributed by atoms with Gasteiger partial charge in [0.1, 0.15) is 5.82 Å². The molecule has 2 heterocycles. The molecule has 0 aliphatic carbocycles. The van der Waals surface area contributed by atoms with Crippen molar-refractivity contribution in [1.29, 1.82) is 0 Å². The lowest BCUT2D eigenvalue weighted by Crippen LogP contribution is -2.38. The monoisotopic (exact) mass is 327 g/mol. The van der Waals surface area contributed by atoms with Gasteiger partial charge in [-0.15, -0.1) is 11.6 Å². The lowest BCUT2D eigenvalue weighted by molar-refractivity contribution is 0.0364. The molecule has 0 bridgehead atoms. The number of imidazole rings is 1. The van der Waals surface area contributed by atoms with E-state index in [-0.39, 0.29) is 0 Å². The van der Waals surface area contributed by atoms with Crippen molar-refractivity contribution in [2.45, 2.75) is 13.0 Å². The van der Waals surface area contributed by atoms with Crippen LogP contribution in [0.4, 0.5) is 0 Å². The second kappa shape index (κ2) is 6.97. The van der Waals surface area contributed by atoms with E-state index in [0.29, 0.717) is 5.88 Å². The third-order valence-electron chi connectivity index (χ3n) is 3.85. The van der Waals surface area contributed by atoms with Crippen molar-refractivity contribution in [2.24, 2.45) is 0 Å². The summed E-state index contributed by atoms with van der Waals surface area (Å²) in [7, 11) is 0. The summed E-state index contributed by atoms with van der Waals surface area (Å²) in [5, 5.41) is 0.743. The van der Waals surface area contributed by atoms with Gasteiger partial charge in [0.25, 0.3) is 0 Å². The van der Waals surface area contributed by atoms with Crippen LogP contribution in [0.3, 0.4) is 0 Å². The molecular weight excluding hydrogens is 309 g/mol. The molecule has 1 aromatic carbocycles. The lowest BCUT2D eigenvalue weighted by atomic mass is 10.3. The van der Waals surface area contributed by atoms with Crippen LogP contribution in [0.5, 0.6) is 0 Å². The summed E-state index contributed by atoms with van der Waals surface area (Å²) in [6.45, 7) is 5.55. The zero-order chi connectivity index (χ0) is 14.7. The minimum absolute atomic E-state index is 0.578. The van der Waals surface area contributed by atoms with Crippen LogP contribution >= 0.6 is 23.2 Å². The molecule has 0 amide bonds. The van der Waals surface area contributed by atoms with Gasteiger partial charge in [-0.1, -0.05) is 11.6 Å². The Morgan fingerprint density at radius 2 is 2.00 bits per heavy atom. The van der Waals surface area contributed by atoms with E-state index in [1.807, 2.05) is 18.2 Å². The third-order valence-corrected chi connectivity index (χ3v) is 4.28. The Balaban J connectivity index is 1.83. The maximum atomic E-state index is 6.13. The molecule has 1 saturated heterocycles. The van der Waals surface area contributed by atoms with Crippen molar-refractivity contribution < 1.29 is 4.74 Å². The smallest absolute Gasteiger partial charge is 0.111 e. The number of nitrogens with zero attached hydrogens (tertiary/aromatic N) is 3. The summed E-state index contributed by atoms with van der Waals surface area (Å²) in [6.07, 6.45) is 0.775. The molecule has 6 heteroatoms. The first-order valence-corrected chi connectivity index (χ1v) is 8.20. The van der Waals surface area contributed by atoms with Gasteiger partial charge in [-0.05, 0) is 18.2 Å². The van der Waals surface area contributed by atoms with Crippen molar-refractivity contribution in [3.63, 3.8) is 0 Å². The fourth-order valence-corrected chi connectivity index (χ4v) is 3.07. The van der Waals surface area contributed by atoms with Crippen LogP contribution in [0.2, 0.25) is 5.02 Å². The van der Waals surface area contributed by atoms with Gasteiger partial charge in [0.15, 0.2) is 0 Å². The lowest BCUT2D eigenvalue weighted by Gasteiger charge is -2.27. The number of benzene rings is 1. The Labute approximate surface area is 134 Å². The van der Waals surface area contributed by atoms with Gasteiger partial charge < -0.3 is 9.30 Å². The van der Waals surface area contributed by atoms with E-state index >= 15 is 0 Å². The predicted octanol–water partition coefficient (Wildman–Crippen LogP) is 2.80. The summed E-state index contributed by atoms with van der Waals surface area (Å²) in [5.74, 6) is 1.62. The number of aryl methyl sites for hydroxylation is 1. The van der Waals surface area contributed by atoms with Crippen LogP contribution in [-0.2, 0) is 17.7 Å². The molecule has 0 atom stereocenters. The molecule has 0 spiro atoms. The molecule has 114 valence electrons. The maximum Gasteiger partial charge on any atom is 0.111 e. The molecular formula is C15H19Cl2N3O. The molecule has 0 saturated carbocycles. The average Bonchev–Trinajstić information content (AvgIpc) is 2.83. The standard InChI is InChI=1S/C15H19Cl2N3O/c16-4-3-15-18-13-2-1-12(17)11-14(13)20(15)6-5-19-7-9-21-10-8-19/h1-2,11H,3-10H2. The number of alkyl halides is 1. The molecule has 0 N–H and O–H groups in total. The van der Waals surface area contributed by atoms with Gasteiger partial charge in [-0.2, -0.15) is 0 Å². The van der Waals surface area contributed by atoms with Gasteiger partial charge in [-0.25, -0.2) is 4.98 Å². The first kappa shape index (κ1) is 15.1. The second-order valence-electron chi connectivity index (χ2n) is 5.21. The topological polar surface area (TPSA) is 30.3 Å². The quantitative estimate of drug-likeness (QED) is 0.791. The van der Waals surface area contributed by atoms with Crippen LogP contribution in [-0.4, -0.2) is 53.2 Å². The summed E-state index contributed by atoms with van der Waals surface area (Å²) in [6, 6.07) is 5.84. The zero-order valence-corrected chi connectivity index (χ0v) is 13.4. The number of hydrogen-bond acceptors (Lipinski definition) is 3. The summed E-state index contributed by atoms with van der Waals surface area (Å²) in [4.78, 5) is 7.10. The normalized spacial score (nSPS) is 16.7. The van der Waals surface area contributed by atoms with Crippen LogP contribution in [0.1, 0.15) is 5.82 Å². The van der Waals surface area contributed by atoms with Gasteiger partial charge in [0.2, 0.25) is 0 Å². The fourth-order valence-electron chi connectivity index (χ4n) is 2.74. The summed E-state index contributed by atoms with van der Waals surface area (Å²) >= 11 is 12.0. The molecule has 0 radical (unpaired) electrons. The molecule has 0 unspecified atom stereocenters. The number of fused-ring (bicyclic) bond motifs is 1. The van der Waals surface area contributed by atoms with Crippen molar-refractivity contribution >= 4 is 34.2 Å². The number of rotatable bonds is 5. The molecule has 1 aliphatic heterocycles. The Bertz CT molecular complexity index is 608. The van der Waals surface area contributed by atoms with Crippen LogP contribution in [0, 0.1) is 0 Å². The highest BCUT2D eigenvalue weighted by atomic mass is 35.5. The van der Waals surface area contributed by atoms with E-state index in [4.69, 9.17) is 27.9 Å². The zero-order valence-electron chi connectivity index (χ0n) is 11.9. The summed E-state index contributed by atoms with van der Waals surface area (Å²) < 4.78 is 7.64. The number of halogens is 2. The Morgan fingerprint density at radius 3 is 2.76 bits per heavy atom. The van der Waals surface area contributed by atoms with Crippen molar-refractivity contribution in [2.75, 3.05) is 38.7 Å². The van der Waals surface area contributed by atoms with E-state index in [1.165, 1.54) is 0 Å². The largest absolute Gasteiger partial charge is 0.379 e. The van der Waals surface area contributed by atoms with Gasteiger partial charge in [0.05, 0.1) is 24.2 Å². The van der Waals surface area contributed by atoms with Crippen molar-refractivity contribution in [3.8, 4) is 0 Å². The number of morpholine rings is 1. The van der Waals surface area contributed by atoms with Crippen LogP contribution < -0.4 is 0 Å². The van der Waals surface area contributed by atoms with E-state index in [9.17, 15) is 0 Å². The van der Waals surface area contributed by atoms with E-state index in [1.54, 1.807) is 0 Å². The van der Waals surface area contributed by atoms with E-state index < -0.39 is 0 Å². The molecule has 1 aromatic heterocycles. The van der Waals surface area contributed by atoms with Crippen molar-refractivity contribution in [1.82, 2.24) is 14.5 Å². The Kier molecular flexibility index (Phi) is 5.01. The number of hydrogen-bond donors (Lipinski definition) is 0. The highest BCUT2D eigenvalue weighted by molar-refractivity contribution is 6.31. The molecule has 1 aliphatic rings. The van der Waals surface area contributed by atoms with Crippen LogP contribution in [0.15, 0.2) is 18.2 Å². The Morgan fingerprint density at radius 1 is 1.19 bits per heavy atom. The number of aromatic nitrogens is 2. The molecule has 3 rings (SSSR count). The average molecular weight is 328 g/mol. The fraction of sp³-hybridized carbons (Fsp3) is 0.533. The van der Waals surface area contributed by atoms with E-state index in [2.05, 4.69) is 14.5 Å². The second-order valence-corrected chi connectivity index (χ2v) is 6.02. The minimum Gasteiger partial charge on any atom is -0.379 e. The van der Waals surface area contributed by atoms with Gasteiger partial charge in [0, 0.05) is 43.5 Å². The molecule has 2 aromatic rings. The first-order valence-electron chi connectivity index (χ1n) is 7.28. The molecule has 21 heavy (non-hydrogen) atoms. The SMILES string of the molecule is ClCCc1nc2ccc(Cl)cc2n1CCN1CCOCC1. The highest BCUT2D eigenvalue weighted by Gasteiger charge is 2.14. The molecule has 1 fully saturated rings. The predicted molar refractivity (Wildman–Crippen MR) is 86.4 cm³/mol. The Hall–Kier alpha value is -0.810. The van der Waals surface area contributed by atoms with E-state index in [0.717, 1.165) is 67.7 Å². The third kappa shape index (κ3) is 3.51. The minimum atomic E-state index is 0.578. The van der Waals surface area contributed by atoms with Gasteiger partial charge >= 0.3 is 0 Å².